The minimum atomic E-state index is -0.651. The first-order chi connectivity index (χ1) is 7.27. The zero-order chi connectivity index (χ0) is 11.1. The molecule has 0 aliphatic rings. The molecule has 0 spiro atoms. The van der Waals surface area contributed by atoms with E-state index in [4.69, 9.17) is 9.47 Å². The summed E-state index contributed by atoms with van der Waals surface area (Å²) in [5, 5.41) is 0. The van der Waals surface area contributed by atoms with Crippen molar-refractivity contribution < 1.29 is 14.3 Å². The van der Waals surface area contributed by atoms with E-state index in [9.17, 15) is 4.79 Å². The smallest absolute Gasteiger partial charge is 0.332 e. The molecule has 0 saturated heterocycles. The van der Waals surface area contributed by atoms with Crippen LogP contribution in [0.1, 0.15) is 18.8 Å². The Morgan fingerprint density at radius 1 is 1.47 bits per heavy atom. The second-order valence-corrected chi connectivity index (χ2v) is 2.84. The van der Waals surface area contributed by atoms with E-state index in [1.165, 1.54) is 0 Å². The quantitative estimate of drug-likeness (QED) is 0.421. The fraction of sp³-hybridized carbons (Fsp3) is 0.250. The summed E-state index contributed by atoms with van der Waals surface area (Å²) >= 11 is 0. The molecule has 1 aromatic rings. The van der Waals surface area contributed by atoms with Crippen molar-refractivity contribution >= 4 is 5.97 Å². The first kappa shape index (κ1) is 11.5. The minimum Gasteiger partial charge on any atom is -0.428 e. The van der Waals surface area contributed by atoms with Crippen LogP contribution in [0.15, 0.2) is 43.0 Å². The van der Waals surface area contributed by atoms with Gasteiger partial charge in [0.25, 0.3) is 0 Å². The average Bonchev–Trinajstić information content (AvgIpc) is 2.29. The van der Waals surface area contributed by atoms with Gasteiger partial charge in [0, 0.05) is 18.2 Å². The SMILES string of the molecule is C=CC(=O)OC(OCC)c1ccccc1. The zero-order valence-electron chi connectivity index (χ0n) is 8.68. The molecule has 80 valence electrons. The van der Waals surface area contributed by atoms with Gasteiger partial charge in [-0.1, -0.05) is 36.9 Å². The largest absolute Gasteiger partial charge is 0.428 e. The first-order valence-corrected chi connectivity index (χ1v) is 4.77. The summed E-state index contributed by atoms with van der Waals surface area (Å²) in [6.45, 7) is 5.66. The summed E-state index contributed by atoms with van der Waals surface area (Å²) in [5.41, 5.74) is 0.814. The van der Waals surface area contributed by atoms with E-state index in [1.807, 2.05) is 37.3 Å². The Hall–Kier alpha value is -1.61. The van der Waals surface area contributed by atoms with Crippen LogP contribution < -0.4 is 0 Å². The maximum Gasteiger partial charge on any atom is 0.332 e. The molecule has 1 rings (SSSR count). The lowest BCUT2D eigenvalue weighted by Crippen LogP contribution is -2.12. The lowest BCUT2D eigenvalue weighted by molar-refractivity contribution is -0.174. The monoisotopic (exact) mass is 206 g/mol. The van der Waals surface area contributed by atoms with E-state index >= 15 is 0 Å². The molecule has 0 N–H and O–H groups in total. The van der Waals surface area contributed by atoms with Gasteiger partial charge >= 0.3 is 5.97 Å². The number of ether oxygens (including phenoxy) is 2. The Labute approximate surface area is 89.3 Å². The van der Waals surface area contributed by atoms with Crippen LogP contribution >= 0.6 is 0 Å². The summed E-state index contributed by atoms with van der Waals surface area (Å²) in [4.78, 5) is 11.1. The van der Waals surface area contributed by atoms with Crippen LogP contribution in [0.3, 0.4) is 0 Å². The van der Waals surface area contributed by atoms with Crippen LogP contribution in [-0.2, 0) is 14.3 Å². The third kappa shape index (κ3) is 3.56. The number of carbonyl (C=O) groups excluding carboxylic acids is 1. The fourth-order valence-corrected chi connectivity index (χ4v) is 1.11. The van der Waals surface area contributed by atoms with Crippen molar-refractivity contribution in [2.24, 2.45) is 0 Å². The Kier molecular flexibility index (Phi) is 4.57. The van der Waals surface area contributed by atoms with E-state index in [2.05, 4.69) is 6.58 Å². The average molecular weight is 206 g/mol. The number of rotatable bonds is 5. The molecular weight excluding hydrogens is 192 g/mol. The van der Waals surface area contributed by atoms with Gasteiger partial charge in [0.2, 0.25) is 6.29 Å². The molecule has 3 nitrogen and oxygen atoms in total. The molecule has 1 aromatic carbocycles. The van der Waals surface area contributed by atoms with Gasteiger partial charge in [-0.2, -0.15) is 0 Å². The summed E-state index contributed by atoms with van der Waals surface area (Å²) in [5.74, 6) is -0.489. The van der Waals surface area contributed by atoms with Gasteiger partial charge in [0.15, 0.2) is 0 Å². The van der Waals surface area contributed by atoms with Crippen molar-refractivity contribution in [3.63, 3.8) is 0 Å². The highest BCUT2D eigenvalue weighted by atomic mass is 16.7. The van der Waals surface area contributed by atoms with Crippen LogP contribution in [0.4, 0.5) is 0 Å². The summed E-state index contributed by atoms with van der Waals surface area (Å²) < 4.78 is 10.4. The van der Waals surface area contributed by atoms with E-state index in [1.54, 1.807) is 0 Å². The van der Waals surface area contributed by atoms with Gasteiger partial charge in [0.05, 0.1) is 0 Å². The van der Waals surface area contributed by atoms with Crippen LogP contribution in [0.25, 0.3) is 0 Å². The molecule has 0 aliphatic heterocycles. The Morgan fingerprint density at radius 2 is 2.13 bits per heavy atom. The van der Waals surface area contributed by atoms with Gasteiger partial charge in [-0.25, -0.2) is 4.79 Å². The lowest BCUT2D eigenvalue weighted by atomic mass is 10.2. The van der Waals surface area contributed by atoms with E-state index in [-0.39, 0.29) is 0 Å². The number of esters is 1. The predicted molar refractivity (Wildman–Crippen MR) is 57.1 cm³/mol. The van der Waals surface area contributed by atoms with Crippen molar-refractivity contribution in [1.29, 1.82) is 0 Å². The third-order valence-electron chi connectivity index (χ3n) is 1.78. The van der Waals surface area contributed by atoms with Gasteiger partial charge in [0.1, 0.15) is 0 Å². The second-order valence-electron chi connectivity index (χ2n) is 2.84. The minimum absolute atomic E-state index is 0.476. The van der Waals surface area contributed by atoms with Crippen LogP contribution in [-0.4, -0.2) is 12.6 Å². The number of hydrogen-bond acceptors (Lipinski definition) is 3. The lowest BCUT2D eigenvalue weighted by Gasteiger charge is -2.16. The standard InChI is InChI=1S/C12H14O3/c1-3-11(13)15-12(14-4-2)10-8-6-5-7-9-10/h3,5-9,12H,1,4H2,2H3. The van der Waals surface area contributed by atoms with Crippen LogP contribution in [0.2, 0.25) is 0 Å². The van der Waals surface area contributed by atoms with Gasteiger partial charge in [-0.05, 0) is 6.92 Å². The molecule has 1 unspecified atom stereocenters. The first-order valence-electron chi connectivity index (χ1n) is 4.77. The van der Waals surface area contributed by atoms with Gasteiger partial charge in [-0.3, -0.25) is 0 Å². The molecule has 1 atom stereocenters. The van der Waals surface area contributed by atoms with Crippen LogP contribution in [0, 0.1) is 0 Å². The molecule has 0 fully saturated rings. The van der Waals surface area contributed by atoms with E-state index in [0.717, 1.165) is 11.6 Å². The number of carbonyl (C=O) groups is 1. The molecule has 0 radical (unpaired) electrons. The molecule has 0 bridgehead atoms. The highest BCUT2D eigenvalue weighted by Gasteiger charge is 2.14. The van der Waals surface area contributed by atoms with Crippen molar-refractivity contribution in [3.05, 3.63) is 48.6 Å². The maximum atomic E-state index is 11.1. The predicted octanol–water partition coefficient (Wildman–Crippen LogP) is 2.45. The third-order valence-corrected chi connectivity index (χ3v) is 1.78. The Balaban J connectivity index is 2.74. The van der Waals surface area contributed by atoms with E-state index < -0.39 is 12.3 Å². The Bertz CT molecular complexity index is 319. The number of benzene rings is 1. The molecule has 3 heteroatoms. The summed E-state index contributed by atoms with van der Waals surface area (Å²) in [7, 11) is 0. The fourth-order valence-electron chi connectivity index (χ4n) is 1.11. The molecule has 0 aromatic heterocycles. The van der Waals surface area contributed by atoms with Gasteiger partial charge in [-0.15, -0.1) is 0 Å². The molecule has 0 heterocycles. The summed E-state index contributed by atoms with van der Waals surface area (Å²) in [6, 6.07) is 9.31. The Morgan fingerprint density at radius 3 is 2.67 bits per heavy atom. The highest BCUT2D eigenvalue weighted by Crippen LogP contribution is 2.18. The molecule has 0 saturated carbocycles. The molecule has 0 amide bonds. The van der Waals surface area contributed by atoms with Gasteiger partial charge < -0.3 is 9.47 Å². The highest BCUT2D eigenvalue weighted by molar-refractivity contribution is 5.81. The molecular formula is C12H14O3. The van der Waals surface area contributed by atoms with Crippen molar-refractivity contribution in [2.45, 2.75) is 13.2 Å². The maximum absolute atomic E-state index is 11.1. The molecule has 15 heavy (non-hydrogen) atoms. The van der Waals surface area contributed by atoms with Crippen molar-refractivity contribution in [3.8, 4) is 0 Å². The molecule has 0 aliphatic carbocycles. The second kappa shape index (κ2) is 5.98. The zero-order valence-corrected chi connectivity index (χ0v) is 8.68. The number of hydrogen-bond donors (Lipinski definition) is 0. The summed E-state index contributed by atoms with van der Waals surface area (Å²) in [6.07, 6.45) is 0.469. The van der Waals surface area contributed by atoms with Crippen molar-refractivity contribution in [1.82, 2.24) is 0 Å². The van der Waals surface area contributed by atoms with Crippen LogP contribution in [0.5, 0.6) is 0 Å². The van der Waals surface area contributed by atoms with Crippen molar-refractivity contribution in [2.75, 3.05) is 6.61 Å². The van der Waals surface area contributed by atoms with E-state index in [0.29, 0.717) is 6.61 Å². The normalized spacial score (nSPS) is 11.8. The topological polar surface area (TPSA) is 35.5 Å².